The van der Waals surface area contributed by atoms with Gasteiger partial charge in [0.1, 0.15) is 23.1 Å². The highest BCUT2D eigenvalue weighted by atomic mass is 32.2. The summed E-state index contributed by atoms with van der Waals surface area (Å²) in [4.78, 5) is 20.4. The summed E-state index contributed by atoms with van der Waals surface area (Å²) in [7, 11) is 0. The number of carbonyl (C=O) groups excluding carboxylic acids is 1. The number of thioether (sulfide) groups is 1. The average Bonchev–Trinajstić information content (AvgIpc) is 3.01. The van der Waals surface area contributed by atoms with Gasteiger partial charge in [0.2, 0.25) is 5.89 Å². The smallest absolute Gasteiger partial charge is 0.341 e. The molecule has 3 rings (SSSR count). The predicted octanol–water partition coefficient (Wildman–Crippen LogP) is 4.72. The van der Waals surface area contributed by atoms with E-state index in [4.69, 9.17) is 9.15 Å². The van der Waals surface area contributed by atoms with E-state index < -0.39 is 11.7 Å². The first-order chi connectivity index (χ1) is 12.5. The van der Waals surface area contributed by atoms with E-state index in [0.29, 0.717) is 17.3 Å². The Morgan fingerprint density at radius 2 is 2.00 bits per heavy atom. The third kappa shape index (κ3) is 4.26. The van der Waals surface area contributed by atoms with E-state index >= 15 is 0 Å². The second-order valence-electron chi connectivity index (χ2n) is 5.20. The third-order valence-corrected chi connectivity index (χ3v) is 4.17. The Labute approximate surface area is 152 Å². The molecule has 2 heterocycles. The molecule has 0 atom stereocenters. The first-order valence-corrected chi connectivity index (χ1v) is 8.51. The summed E-state index contributed by atoms with van der Waals surface area (Å²) in [6.45, 7) is 1.58. The molecule has 134 valence electrons. The second kappa shape index (κ2) is 8.09. The van der Waals surface area contributed by atoms with Gasteiger partial charge >= 0.3 is 5.97 Å². The molecule has 1 aromatic carbocycles. The van der Waals surface area contributed by atoms with E-state index in [0.717, 1.165) is 5.56 Å². The molecule has 0 bridgehead atoms. The van der Waals surface area contributed by atoms with Crippen LogP contribution in [0, 0.1) is 6.92 Å². The van der Waals surface area contributed by atoms with Gasteiger partial charge in [-0.2, -0.15) is 8.78 Å². The lowest BCUT2D eigenvalue weighted by atomic mass is 10.2. The van der Waals surface area contributed by atoms with Crippen molar-refractivity contribution in [1.29, 1.82) is 0 Å². The van der Waals surface area contributed by atoms with Crippen LogP contribution in [0.2, 0.25) is 0 Å². The summed E-state index contributed by atoms with van der Waals surface area (Å²) < 4.78 is 36.0. The van der Waals surface area contributed by atoms with E-state index in [-0.39, 0.29) is 29.0 Å². The fraction of sp³-hybridized carbons (Fsp3) is 0.167. The van der Waals surface area contributed by atoms with Crippen molar-refractivity contribution in [3.63, 3.8) is 0 Å². The zero-order valence-electron chi connectivity index (χ0n) is 13.7. The summed E-state index contributed by atoms with van der Waals surface area (Å²) in [5.41, 5.74) is 1.25. The van der Waals surface area contributed by atoms with Crippen LogP contribution in [-0.4, -0.2) is 21.7 Å². The monoisotopic (exact) mass is 376 g/mol. The Kier molecular flexibility index (Phi) is 5.62. The number of alkyl halides is 2. The topological polar surface area (TPSA) is 65.2 Å². The van der Waals surface area contributed by atoms with E-state index in [1.54, 1.807) is 6.92 Å². The Hall–Kier alpha value is -2.74. The Morgan fingerprint density at radius 3 is 2.73 bits per heavy atom. The molecule has 0 unspecified atom stereocenters. The minimum atomic E-state index is -2.68. The van der Waals surface area contributed by atoms with Gasteiger partial charge in [-0.05, 0) is 43.0 Å². The normalized spacial score (nSPS) is 10.9. The van der Waals surface area contributed by atoms with Gasteiger partial charge in [-0.25, -0.2) is 14.8 Å². The maximum Gasteiger partial charge on any atom is 0.341 e. The quantitative estimate of drug-likeness (QED) is 0.458. The van der Waals surface area contributed by atoms with Gasteiger partial charge in [0.15, 0.2) is 0 Å². The number of nitrogens with zero attached hydrogens (tertiary/aromatic N) is 2. The number of oxazole rings is 1. The minimum Gasteiger partial charge on any atom is -0.455 e. The largest absolute Gasteiger partial charge is 0.455 e. The molecular formula is C18H14F2N2O3S. The van der Waals surface area contributed by atoms with Crippen molar-refractivity contribution in [2.75, 3.05) is 0 Å². The first kappa shape index (κ1) is 18.1. The SMILES string of the molecule is Cc1oc(-c2ccccc2)nc1COC(=O)c1cccnc1SC(F)F. The number of aryl methyl sites for hydroxylation is 1. The maximum absolute atomic E-state index is 12.6. The number of aromatic nitrogens is 2. The van der Waals surface area contributed by atoms with E-state index in [1.807, 2.05) is 30.3 Å². The van der Waals surface area contributed by atoms with E-state index in [2.05, 4.69) is 9.97 Å². The molecule has 5 nitrogen and oxygen atoms in total. The molecular weight excluding hydrogens is 362 g/mol. The van der Waals surface area contributed by atoms with Crippen molar-refractivity contribution >= 4 is 17.7 Å². The number of ether oxygens (including phenoxy) is 1. The molecule has 0 saturated heterocycles. The van der Waals surface area contributed by atoms with E-state index in [9.17, 15) is 13.6 Å². The molecule has 2 aromatic heterocycles. The Morgan fingerprint density at radius 1 is 1.23 bits per heavy atom. The summed E-state index contributed by atoms with van der Waals surface area (Å²) >= 11 is 0.200. The van der Waals surface area contributed by atoms with Crippen molar-refractivity contribution in [1.82, 2.24) is 9.97 Å². The molecule has 0 aliphatic heterocycles. The maximum atomic E-state index is 12.6. The standard InChI is InChI=1S/C18H14F2N2O3S/c1-11-14(22-15(25-11)12-6-3-2-4-7-12)10-24-17(23)13-8-5-9-21-16(13)26-18(19)20/h2-9,18H,10H2,1H3. The number of benzene rings is 1. The minimum absolute atomic E-state index is 0.0118. The molecule has 0 fully saturated rings. The summed E-state index contributed by atoms with van der Waals surface area (Å²) in [5, 5.41) is -0.0747. The summed E-state index contributed by atoms with van der Waals surface area (Å²) in [6.07, 6.45) is 1.34. The molecule has 26 heavy (non-hydrogen) atoms. The van der Waals surface area contributed by atoms with Crippen LogP contribution in [0.15, 0.2) is 58.1 Å². The van der Waals surface area contributed by atoms with Crippen molar-refractivity contribution in [3.05, 3.63) is 65.7 Å². The highest BCUT2D eigenvalue weighted by molar-refractivity contribution is 7.99. The second-order valence-corrected chi connectivity index (χ2v) is 6.18. The Bertz CT molecular complexity index is 900. The fourth-order valence-corrected chi connectivity index (χ4v) is 2.77. The number of halogens is 2. The van der Waals surface area contributed by atoms with Gasteiger partial charge in [-0.1, -0.05) is 18.2 Å². The first-order valence-electron chi connectivity index (χ1n) is 7.63. The lowest BCUT2D eigenvalue weighted by molar-refractivity contribution is 0.0462. The zero-order chi connectivity index (χ0) is 18.5. The molecule has 0 spiro atoms. The predicted molar refractivity (Wildman–Crippen MR) is 91.9 cm³/mol. The third-order valence-electron chi connectivity index (χ3n) is 3.45. The number of esters is 1. The highest BCUT2D eigenvalue weighted by Gasteiger charge is 2.19. The molecule has 0 N–H and O–H groups in total. The van der Waals surface area contributed by atoms with Crippen LogP contribution < -0.4 is 0 Å². The number of rotatable bonds is 6. The molecule has 8 heteroatoms. The van der Waals surface area contributed by atoms with Crippen LogP contribution in [0.4, 0.5) is 8.78 Å². The lowest BCUT2D eigenvalue weighted by Crippen LogP contribution is -2.08. The highest BCUT2D eigenvalue weighted by Crippen LogP contribution is 2.27. The van der Waals surface area contributed by atoms with Gasteiger partial charge in [0.25, 0.3) is 5.76 Å². The van der Waals surface area contributed by atoms with Crippen molar-refractivity contribution in [2.45, 2.75) is 24.3 Å². The van der Waals surface area contributed by atoms with Crippen LogP contribution in [0.3, 0.4) is 0 Å². The number of hydrogen-bond acceptors (Lipinski definition) is 6. The van der Waals surface area contributed by atoms with Gasteiger partial charge in [-0.15, -0.1) is 0 Å². The molecule has 0 saturated carbocycles. The lowest BCUT2D eigenvalue weighted by Gasteiger charge is -2.07. The van der Waals surface area contributed by atoms with Gasteiger partial charge in [-0.3, -0.25) is 0 Å². The van der Waals surface area contributed by atoms with Crippen LogP contribution in [0.25, 0.3) is 11.5 Å². The van der Waals surface area contributed by atoms with Crippen molar-refractivity contribution in [2.24, 2.45) is 0 Å². The number of carbonyl (C=O) groups is 1. The van der Waals surface area contributed by atoms with Crippen LogP contribution in [0.1, 0.15) is 21.8 Å². The molecule has 3 aromatic rings. The van der Waals surface area contributed by atoms with Crippen molar-refractivity contribution in [3.8, 4) is 11.5 Å². The van der Waals surface area contributed by atoms with Crippen molar-refractivity contribution < 1.29 is 22.7 Å². The van der Waals surface area contributed by atoms with E-state index in [1.165, 1.54) is 18.3 Å². The molecule has 0 radical (unpaired) electrons. The summed E-state index contributed by atoms with van der Waals surface area (Å²) in [6, 6.07) is 12.2. The molecule has 0 aliphatic carbocycles. The number of hydrogen-bond donors (Lipinski definition) is 0. The fourth-order valence-electron chi connectivity index (χ4n) is 2.20. The molecule has 0 aliphatic rings. The zero-order valence-corrected chi connectivity index (χ0v) is 14.5. The number of pyridine rings is 1. The van der Waals surface area contributed by atoms with Gasteiger partial charge in [0, 0.05) is 11.8 Å². The van der Waals surface area contributed by atoms with Crippen LogP contribution in [0.5, 0.6) is 0 Å². The summed E-state index contributed by atoms with van der Waals surface area (Å²) in [5.74, 6) is -2.48. The van der Waals surface area contributed by atoms with Crippen LogP contribution >= 0.6 is 11.8 Å². The molecule has 0 amide bonds. The Balaban J connectivity index is 1.72. The van der Waals surface area contributed by atoms with Gasteiger partial charge < -0.3 is 9.15 Å². The average molecular weight is 376 g/mol. The van der Waals surface area contributed by atoms with Crippen LogP contribution in [-0.2, 0) is 11.3 Å². The van der Waals surface area contributed by atoms with Gasteiger partial charge in [0.05, 0.1) is 5.56 Å².